The zero-order valence-electron chi connectivity index (χ0n) is 17.3. The highest BCUT2D eigenvalue weighted by molar-refractivity contribution is 6.03. The third-order valence-corrected chi connectivity index (χ3v) is 5.71. The normalized spacial score (nSPS) is 23.0. The van der Waals surface area contributed by atoms with Crippen molar-refractivity contribution in [2.75, 3.05) is 29.2 Å². The van der Waals surface area contributed by atoms with Gasteiger partial charge in [-0.2, -0.15) is 18.2 Å². The Labute approximate surface area is 177 Å². The Morgan fingerprint density at radius 2 is 2.06 bits per heavy atom. The predicted molar refractivity (Wildman–Crippen MR) is 108 cm³/mol. The fraction of sp³-hybridized carbons (Fsp3) is 0.500. The molecule has 1 fully saturated rings. The summed E-state index contributed by atoms with van der Waals surface area (Å²) in [4.78, 5) is 26.7. The van der Waals surface area contributed by atoms with Crippen LogP contribution in [-0.2, 0) is 11.0 Å². The van der Waals surface area contributed by atoms with E-state index in [1.165, 1.54) is 0 Å². The van der Waals surface area contributed by atoms with Crippen LogP contribution in [0.3, 0.4) is 0 Å². The molecule has 2 aromatic rings. The lowest BCUT2D eigenvalue weighted by molar-refractivity contribution is -0.137. The second kappa shape index (κ2) is 7.86. The second-order valence-electron chi connectivity index (χ2n) is 7.98. The number of likely N-dealkylation sites (N-methyl/N-ethyl adjacent to an activating group) is 1. The molecule has 2 aromatic heterocycles. The van der Waals surface area contributed by atoms with E-state index in [1.807, 2.05) is 18.9 Å². The molecule has 1 aliphatic heterocycles. The maximum Gasteiger partial charge on any atom is 0.416 e. The van der Waals surface area contributed by atoms with Crippen molar-refractivity contribution in [2.45, 2.75) is 44.9 Å². The number of hydrogen-bond donors (Lipinski definition) is 2. The maximum absolute atomic E-state index is 12.8. The topological polar surface area (TPSA) is 92.3 Å². The Balaban J connectivity index is 1.32. The van der Waals surface area contributed by atoms with E-state index in [2.05, 4.69) is 25.6 Å². The Morgan fingerprint density at radius 1 is 1.32 bits per heavy atom. The predicted octanol–water partition coefficient (Wildman–Crippen LogP) is 3.25. The Bertz CT molecular complexity index is 993. The van der Waals surface area contributed by atoms with Crippen molar-refractivity contribution in [2.24, 2.45) is 5.92 Å². The van der Waals surface area contributed by atoms with Crippen LogP contribution in [0.1, 0.15) is 31.0 Å². The molecule has 2 N–H and O–H groups in total. The first-order chi connectivity index (χ1) is 14.6. The van der Waals surface area contributed by atoms with Crippen LogP contribution in [0.4, 0.5) is 30.6 Å². The highest BCUT2D eigenvalue weighted by Gasteiger charge is 2.34. The number of pyridine rings is 1. The quantitative estimate of drug-likeness (QED) is 0.743. The molecule has 1 amide bonds. The van der Waals surface area contributed by atoms with E-state index in [1.54, 1.807) is 6.92 Å². The molecule has 2 aliphatic rings. The standard InChI is InChI=1S/C20H23F3N6O2/c1-10-16-17(29(3)11(2)18(30)27-16)28-19(25-10)26-14-6-12(7-14)9-31-15-8-13(4-5-24-15)20(21,22)23/h4-5,8,11-12,14H,6-7,9H2,1-3H3,(H,27,30)(H,25,26,28)/t11-,12?,14?/m0/s1. The number of anilines is 3. The molecular formula is C20H23F3N6O2. The van der Waals surface area contributed by atoms with Gasteiger partial charge in [0, 0.05) is 25.4 Å². The number of halogens is 3. The summed E-state index contributed by atoms with van der Waals surface area (Å²) in [6.45, 7) is 3.91. The first kappa shape index (κ1) is 21.1. The van der Waals surface area contributed by atoms with Gasteiger partial charge < -0.3 is 20.3 Å². The molecule has 11 heteroatoms. The van der Waals surface area contributed by atoms with Crippen molar-refractivity contribution in [1.82, 2.24) is 15.0 Å². The molecule has 0 bridgehead atoms. The number of nitrogens with one attached hydrogen (secondary N) is 2. The van der Waals surface area contributed by atoms with Crippen molar-refractivity contribution in [3.8, 4) is 5.88 Å². The van der Waals surface area contributed by atoms with Crippen LogP contribution in [0.5, 0.6) is 5.88 Å². The molecule has 3 heterocycles. The molecule has 1 aliphatic carbocycles. The minimum absolute atomic E-state index is 0.0286. The number of carbonyl (C=O) groups excluding carboxylic acids is 1. The molecule has 0 spiro atoms. The third-order valence-electron chi connectivity index (χ3n) is 5.71. The van der Waals surface area contributed by atoms with Crippen molar-refractivity contribution in [3.63, 3.8) is 0 Å². The lowest BCUT2D eigenvalue weighted by atomic mass is 9.81. The van der Waals surface area contributed by atoms with Crippen LogP contribution in [-0.4, -0.2) is 46.6 Å². The number of rotatable bonds is 5. The Morgan fingerprint density at radius 3 is 2.77 bits per heavy atom. The van der Waals surface area contributed by atoms with E-state index in [0.717, 1.165) is 31.2 Å². The largest absolute Gasteiger partial charge is 0.477 e. The van der Waals surface area contributed by atoms with E-state index in [0.29, 0.717) is 29.8 Å². The minimum Gasteiger partial charge on any atom is -0.477 e. The summed E-state index contributed by atoms with van der Waals surface area (Å²) < 4.78 is 43.8. The summed E-state index contributed by atoms with van der Waals surface area (Å²) in [6.07, 6.45) is -1.77. The number of fused-ring (bicyclic) bond motifs is 1. The summed E-state index contributed by atoms with van der Waals surface area (Å²) in [7, 11) is 1.82. The summed E-state index contributed by atoms with van der Waals surface area (Å²) in [5.41, 5.74) is 0.514. The molecule has 4 rings (SSSR count). The number of ether oxygens (including phenoxy) is 1. The van der Waals surface area contributed by atoms with Crippen LogP contribution in [0.15, 0.2) is 18.3 Å². The van der Waals surface area contributed by atoms with Gasteiger partial charge in [0.2, 0.25) is 17.7 Å². The van der Waals surface area contributed by atoms with E-state index in [9.17, 15) is 18.0 Å². The molecule has 0 radical (unpaired) electrons. The fourth-order valence-corrected chi connectivity index (χ4v) is 3.65. The zero-order valence-corrected chi connectivity index (χ0v) is 17.3. The average molecular weight is 436 g/mol. The summed E-state index contributed by atoms with van der Waals surface area (Å²) in [6, 6.07) is 1.64. The van der Waals surface area contributed by atoms with Gasteiger partial charge in [-0.05, 0) is 38.7 Å². The van der Waals surface area contributed by atoms with Crippen LogP contribution >= 0.6 is 0 Å². The number of alkyl halides is 3. The molecule has 166 valence electrons. The molecule has 31 heavy (non-hydrogen) atoms. The van der Waals surface area contributed by atoms with E-state index in [4.69, 9.17) is 4.74 Å². The summed E-state index contributed by atoms with van der Waals surface area (Å²) in [5.74, 6) is 1.22. The molecule has 0 unspecified atom stereocenters. The Kier molecular flexibility index (Phi) is 5.36. The highest BCUT2D eigenvalue weighted by Crippen LogP contribution is 2.35. The maximum atomic E-state index is 12.8. The van der Waals surface area contributed by atoms with Crippen LogP contribution in [0.25, 0.3) is 0 Å². The summed E-state index contributed by atoms with van der Waals surface area (Å²) >= 11 is 0. The van der Waals surface area contributed by atoms with Gasteiger partial charge in [0.25, 0.3) is 0 Å². The summed E-state index contributed by atoms with van der Waals surface area (Å²) in [5, 5.41) is 6.13. The Hall–Kier alpha value is -3.11. The van der Waals surface area contributed by atoms with Crippen molar-refractivity contribution >= 4 is 23.4 Å². The first-order valence-corrected chi connectivity index (χ1v) is 9.96. The van der Waals surface area contributed by atoms with Crippen LogP contribution in [0, 0.1) is 12.8 Å². The third kappa shape index (κ3) is 4.35. The second-order valence-corrected chi connectivity index (χ2v) is 7.98. The van der Waals surface area contributed by atoms with Gasteiger partial charge in [-0.25, -0.2) is 9.97 Å². The van der Waals surface area contributed by atoms with Gasteiger partial charge in [0.15, 0.2) is 5.82 Å². The molecule has 1 saturated carbocycles. The van der Waals surface area contributed by atoms with E-state index >= 15 is 0 Å². The molecule has 0 saturated heterocycles. The minimum atomic E-state index is -4.42. The number of aryl methyl sites for hydroxylation is 1. The monoisotopic (exact) mass is 436 g/mol. The molecule has 0 aromatic carbocycles. The van der Waals surface area contributed by atoms with Gasteiger partial charge in [0.1, 0.15) is 11.7 Å². The molecule has 1 atom stereocenters. The number of hydrogen-bond acceptors (Lipinski definition) is 7. The lowest BCUT2D eigenvalue weighted by Gasteiger charge is -2.36. The van der Waals surface area contributed by atoms with Gasteiger partial charge >= 0.3 is 6.18 Å². The number of amides is 1. The average Bonchev–Trinajstić information content (AvgIpc) is 2.68. The van der Waals surface area contributed by atoms with E-state index in [-0.39, 0.29) is 29.8 Å². The molecular weight excluding hydrogens is 413 g/mol. The van der Waals surface area contributed by atoms with Gasteiger partial charge in [-0.1, -0.05) is 0 Å². The molecule has 8 nitrogen and oxygen atoms in total. The van der Waals surface area contributed by atoms with Gasteiger partial charge in [-0.3, -0.25) is 4.79 Å². The highest BCUT2D eigenvalue weighted by atomic mass is 19.4. The SMILES string of the molecule is Cc1nc(NC2CC(COc3cc(C(F)(F)F)ccn3)C2)nc2c1NC(=O)[C@H](C)N2C. The van der Waals surface area contributed by atoms with Crippen LogP contribution in [0.2, 0.25) is 0 Å². The number of nitrogens with zero attached hydrogens (tertiary/aromatic N) is 4. The van der Waals surface area contributed by atoms with Crippen molar-refractivity contribution in [3.05, 3.63) is 29.6 Å². The fourth-order valence-electron chi connectivity index (χ4n) is 3.65. The van der Waals surface area contributed by atoms with Gasteiger partial charge in [0.05, 0.1) is 17.9 Å². The smallest absolute Gasteiger partial charge is 0.416 e. The number of aromatic nitrogens is 3. The van der Waals surface area contributed by atoms with E-state index < -0.39 is 11.7 Å². The van der Waals surface area contributed by atoms with Crippen LogP contribution < -0.4 is 20.3 Å². The zero-order chi connectivity index (χ0) is 22.3. The van der Waals surface area contributed by atoms with Crippen molar-refractivity contribution in [1.29, 1.82) is 0 Å². The first-order valence-electron chi connectivity index (χ1n) is 9.96. The lowest BCUT2D eigenvalue weighted by Crippen LogP contribution is -2.45. The number of carbonyl (C=O) groups is 1. The van der Waals surface area contributed by atoms with Gasteiger partial charge in [-0.15, -0.1) is 0 Å². The van der Waals surface area contributed by atoms with Crippen molar-refractivity contribution < 1.29 is 22.7 Å².